The second-order valence-corrected chi connectivity index (χ2v) is 4.05. The molecule has 0 bridgehead atoms. The van der Waals surface area contributed by atoms with Gasteiger partial charge in [-0.05, 0) is 0 Å². The number of hydrogen-bond acceptors (Lipinski definition) is 3. The van der Waals surface area contributed by atoms with Crippen LogP contribution in [0.25, 0.3) is 0 Å². The fourth-order valence-corrected chi connectivity index (χ4v) is 0.922. The first-order valence-electron chi connectivity index (χ1n) is 3.13. The summed E-state index contributed by atoms with van der Waals surface area (Å²) in [6.45, 7) is 1.58. The Hall–Kier alpha value is -0.620. The maximum Gasteiger partial charge on any atom is 0.303 e. The van der Waals surface area contributed by atoms with E-state index < -0.39 is 16.1 Å². The largest absolute Gasteiger partial charge is 0.303 e. The second kappa shape index (κ2) is 3.68. The zero-order chi connectivity index (χ0) is 9.07. The Morgan fingerprint density at radius 3 is 2.18 bits per heavy atom. The van der Waals surface area contributed by atoms with Gasteiger partial charge in [-0.3, -0.25) is 4.79 Å². The molecule has 0 saturated heterocycles. The molecule has 11 heavy (non-hydrogen) atoms. The molecule has 5 nitrogen and oxygen atoms in total. The minimum absolute atomic E-state index is 0.160. The first-order chi connectivity index (χ1) is 4.90. The van der Waals surface area contributed by atoms with Gasteiger partial charge in [-0.15, -0.1) is 0 Å². The van der Waals surface area contributed by atoms with Crippen LogP contribution in [0, 0.1) is 0 Å². The standard InChI is InChI=1S/C5H12N2O3S/c1-4-5(8)6-11(9,10)7(2)3/h4H2,1-3H3,(H,6,8). The van der Waals surface area contributed by atoms with Crippen molar-refractivity contribution in [3.63, 3.8) is 0 Å². The molecule has 0 fully saturated rings. The van der Waals surface area contributed by atoms with Gasteiger partial charge in [0.25, 0.3) is 0 Å². The van der Waals surface area contributed by atoms with Gasteiger partial charge >= 0.3 is 10.2 Å². The van der Waals surface area contributed by atoms with Crippen LogP contribution in [0.3, 0.4) is 0 Å². The van der Waals surface area contributed by atoms with Gasteiger partial charge < -0.3 is 0 Å². The third kappa shape index (κ3) is 3.33. The average molecular weight is 180 g/mol. The van der Waals surface area contributed by atoms with Crippen LogP contribution in [0.2, 0.25) is 0 Å². The molecule has 0 unspecified atom stereocenters. The van der Waals surface area contributed by atoms with Crippen molar-refractivity contribution in [2.75, 3.05) is 14.1 Å². The van der Waals surface area contributed by atoms with Crippen LogP contribution >= 0.6 is 0 Å². The fraction of sp³-hybridized carbons (Fsp3) is 0.800. The van der Waals surface area contributed by atoms with Crippen LogP contribution in [0.15, 0.2) is 0 Å². The molecular formula is C5H12N2O3S. The molecule has 0 aliphatic heterocycles. The van der Waals surface area contributed by atoms with Crippen LogP contribution < -0.4 is 4.72 Å². The van der Waals surface area contributed by atoms with Crippen molar-refractivity contribution in [3.05, 3.63) is 0 Å². The Morgan fingerprint density at radius 1 is 1.45 bits per heavy atom. The highest BCUT2D eigenvalue weighted by molar-refractivity contribution is 7.87. The summed E-state index contributed by atoms with van der Waals surface area (Å²) in [6, 6.07) is 0. The summed E-state index contributed by atoms with van der Waals surface area (Å²) in [5.74, 6) is -0.501. The lowest BCUT2D eigenvalue weighted by molar-refractivity contribution is -0.119. The van der Waals surface area contributed by atoms with Crippen molar-refractivity contribution in [2.24, 2.45) is 0 Å². The molecule has 1 N–H and O–H groups in total. The molecule has 6 heteroatoms. The predicted octanol–water partition coefficient (Wildman–Crippen LogP) is -0.681. The molecule has 0 heterocycles. The quantitative estimate of drug-likeness (QED) is 0.625. The molecule has 0 spiro atoms. The minimum atomic E-state index is -3.58. The zero-order valence-electron chi connectivity index (χ0n) is 6.79. The highest BCUT2D eigenvalue weighted by atomic mass is 32.2. The van der Waals surface area contributed by atoms with Gasteiger partial charge in [0.15, 0.2) is 0 Å². The molecule has 0 saturated carbocycles. The molecule has 0 aromatic heterocycles. The van der Waals surface area contributed by atoms with Crippen molar-refractivity contribution >= 4 is 16.1 Å². The minimum Gasteiger partial charge on any atom is -0.274 e. The molecule has 66 valence electrons. The SMILES string of the molecule is CCC(=O)NS(=O)(=O)N(C)C. The topological polar surface area (TPSA) is 66.5 Å². The molecule has 0 aromatic rings. The third-order valence-electron chi connectivity index (χ3n) is 1.04. The lowest BCUT2D eigenvalue weighted by Gasteiger charge is -2.10. The van der Waals surface area contributed by atoms with Crippen molar-refractivity contribution in [1.29, 1.82) is 0 Å². The summed E-state index contributed by atoms with van der Waals surface area (Å²) in [4.78, 5) is 10.6. The van der Waals surface area contributed by atoms with Crippen LogP contribution in [-0.4, -0.2) is 32.7 Å². The van der Waals surface area contributed by atoms with Gasteiger partial charge in [-0.1, -0.05) is 6.92 Å². The smallest absolute Gasteiger partial charge is 0.274 e. The van der Waals surface area contributed by atoms with Gasteiger partial charge in [0.05, 0.1) is 0 Å². The fourth-order valence-electron chi connectivity index (χ4n) is 0.307. The summed E-state index contributed by atoms with van der Waals surface area (Å²) in [5, 5.41) is 0. The summed E-state index contributed by atoms with van der Waals surface area (Å²) < 4.78 is 24.6. The number of hydrogen-bond donors (Lipinski definition) is 1. The highest BCUT2D eigenvalue weighted by Crippen LogP contribution is 1.88. The van der Waals surface area contributed by atoms with Gasteiger partial charge in [0, 0.05) is 20.5 Å². The highest BCUT2D eigenvalue weighted by Gasteiger charge is 2.14. The van der Waals surface area contributed by atoms with Gasteiger partial charge in [0.2, 0.25) is 5.91 Å². The van der Waals surface area contributed by atoms with Crippen LogP contribution in [0.1, 0.15) is 13.3 Å². The molecule has 0 rings (SSSR count). The Labute approximate surface area is 66.6 Å². The summed E-state index contributed by atoms with van der Waals surface area (Å²) in [6.07, 6.45) is 0.160. The van der Waals surface area contributed by atoms with E-state index in [1.54, 1.807) is 6.92 Å². The summed E-state index contributed by atoms with van der Waals surface area (Å²) in [7, 11) is -0.871. The normalized spacial score (nSPS) is 11.6. The molecule has 0 aromatic carbocycles. The zero-order valence-corrected chi connectivity index (χ0v) is 7.60. The van der Waals surface area contributed by atoms with E-state index in [4.69, 9.17) is 0 Å². The van der Waals surface area contributed by atoms with Crippen molar-refractivity contribution in [2.45, 2.75) is 13.3 Å². The number of amides is 1. The lowest BCUT2D eigenvalue weighted by Crippen LogP contribution is -2.39. The van der Waals surface area contributed by atoms with Gasteiger partial charge in [-0.25, -0.2) is 4.72 Å². The second-order valence-electron chi connectivity index (χ2n) is 2.17. The van der Waals surface area contributed by atoms with Gasteiger partial charge in [0.1, 0.15) is 0 Å². The first kappa shape index (κ1) is 10.4. The molecule has 0 aliphatic carbocycles. The monoisotopic (exact) mass is 180 g/mol. The Kier molecular flexibility index (Phi) is 3.47. The third-order valence-corrected chi connectivity index (χ3v) is 2.49. The van der Waals surface area contributed by atoms with Crippen molar-refractivity contribution in [1.82, 2.24) is 9.03 Å². The van der Waals surface area contributed by atoms with E-state index in [0.29, 0.717) is 0 Å². The van der Waals surface area contributed by atoms with E-state index >= 15 is 0 Å². The van der Waals surface area contributed by atoms with Crippen molar-refractivity contribution in [3.8, 4) is 0 Å². The van der Waals surface area contributed by atoms with E-state index in [0.717, 1.165) is 4.31 Å². The number of carbonyl (C=O) groups is 1. The number of nitrogens with one attached hydrogen (secondary N) is 1. The van der Waals surface area contributed by atoms with E-state index in [9.17, 15) is 13.2 Å². The van der Waals surface area contributed by atoms with E-state index in [1.807, 2.05) is 4.72 Å². The van der Waals surface area contributed by atoms with E-state index in [1.165, 1.54) is 14.1 Å². The van der Waals surface area contributed by atoms with Crippen molar-refractivity contribution < 1.29 is 13.2 Å². The number of nitrogens with zero attached hydrogens (tertiary/aromatic N) is 1. The Morgan fingerprint density at radius 2 is 1.91 bits per heavy atom. The van der Waals surface area contributed by atoms with E-state index in [-0.39, 0.29) is 6.42 Å². The molecule has 0 atom stereocenters. The number of carbonyl (C=O) groups excluding carboxylic acids is 1. The van der Waals surface area contributed by atoms with Crippen LogP contribution in [-0.2, 0) is 15.0 Å². The Bertz CT molecular complexity index is 232. The van der Waals surface area contributed by atoms with Crippen LogP contribution in [0.4, 0.5) is 0 Å². The molecule has 0 aliphatic rings. The van der Waals surface area contributed by atoms with Crippen LogP contribution in [0.5, 0.6) is 0 Å². The average Bonchev–Trinajstić information content (AvgIpc) is 1.86. The lowest BCUT2D eigenvalue weighted by atomic mass is 10.5. The molecule has 0 radical (unpaired) electrons. The van der Waals surface area contributed by atoms with E-state index in [2.05, 4.69) is 0 Å². The summed E-state index contributed by atoms with van der Waals surface area (Å²) in [5.41, 5.74) is 0. The summed E-state index contributed by atoms with van der Waals surface area (Å²) >= 11 is 0. The molecular weight excluding hydrogens is 168 g/mol. The Balaban J connectivity index is 4.27. The maximum absolute atomic E-state index is 10.9. The molecule has 1 amide bonds. The first-order valence-corrected chi connectivity index (χ1v) is 4.57. The number of rotatable bonds is 3. The predicted molar refractivity (Wildman–Crippen MR) is 41.0 cm³/mol. The maximum atomic E-state index is 10.9. The van der Waals surface area contributed by atoms with Gasteiger partial charge in [-0.2, -0.15) is 12.7 Å².